The quantitative estimate of drug-likeness (QED) is 0.275. The van der Waals surface area contributed by atoms with Gasteiger partial charge in [0.1, 0.15) is 23.9 Å². The van der Waals surface area contributed by atoms with E-state index in [-0.39, 0.29) is 28.7 Å². The smallest absolute Gasteiger partial charge is 0.328 e. The van der Waals surface area contributed by atoms with Gasteiger partial charge in [0.15, 0.2) is 0 Å². The Labute approximate surface area is 232 Å². The molecule has 0 aliphatic rings. The van der Waals surface area contributed by atoms with Crippen molar-refractivity contribution in [2.45, 2.75) is 44.8 Å². The molecule has 3 amide bonds. The summed E-state index contributed by atoms with van der Waals surface area (Å²) in [5.41, 5.74) is 0.754. The zero-order valence-electron chi connectivity index (χ0n) is 21.8. The highest BCUT2D eigenvalue weighted by Gasteiger charge is 2.31. The Hall–Kier alpha value is -3.24. The Bertz CT molecular complexity index is 1120. The highest BCUT2D eigenvalue weighted by atomic mass is 35.5. The number of carbonyl (C=O) groups is 4. The van der Waals surface area contributed by atoms with Crippen LogP contribution < -0.4 is 16.0 Å². The summed E-state index contributed by atoms with van der Waals surface area (Å²) in [7, 11) is 1.25. The number of nitrogens with one attached hydrogen (secondary N) is 3. The summed E-state index contributed by atoms with van der Waals surface area (Å²) in [6.45, 7) is 3.49. The number of hydrogen-bond acceptors (Lipinski definition) is 7. The summed E-state index contributed by atoms with van der Waals surface area (Å²) in [6, 6.07) is 10.2. The second kappa shape index (κ2) is 15.2. The Morgan fingerprint density at radius 3 is 2.21 bits per heavy atom. The number of benzene rings is 2. The number of esters is 1. The predicted molar refractivity (Wildman–Crippen MR) is 148 cm³/mol. The molecular formula is C27H34ClN3O6S. The lowest BCUT2D eigenvalue weighted by Crippen LogP contribution is -2.57. The first kappa shape index (κ1) is 31.0. The van der Waals surface area contributed by atoms with E-state index in [1.807, 2.05) is 36.6 Å². The van der Waals surface area contributed by atoms with Crippen LogP contribution in [0.4, 0.5) is 0 Å². The second-order valence-corrected chi connectivity index (χ2v) is 10.4. The third-order valence-corrected chi connectivity index (χ3v) is 6.65. The maximum Gasteiger partial charge on any atom is 0.328 e. The largest absolute Gasteiger partial charge is 0.507 e. The second-order valence-electron chi connectivity index (χ2n) is 8.97. The average Bonchev–Trinajstić information content (AvgIpc) is 2.88. The molecule has 11 heteroatoms. The molecule has 2 aromatic rings. The maximum absolute atomic E-state index is 13.4. The number of phenols is 1. The molecule has 0 spiro atoms. The first-order chi connectivity index (χ1) is 18.1. The summed E-state index contributed by atoms with van der Waals surface area (Å²) < 4.78 is 4.84. The van der Waals surface area contributed by atoms with E-state index in [1.54, 1.807) is 13.8 Å². The van der Waals surface area contributed by atoms with E-state index in [1.165, 1.54) is 37.1 Å². The van der Waals surface area contributed by atoms with Gasteiger partial charge in [-0.25, -0.2) is 4.79 Å². The number of methoxy groups -OCH3 is 1. The van der Waals surface area contributed by atoms with Gasteiger partial charge in [0.25, 0.3) is 5.91 Å². The van der Waals surface area contributed by atoms with Crippen molar-refractivity contribution in [1.29, 1.82) is 0 Å². The van der Waals surface area contributed by atoms with Crippen LogP contribution in [0, 0.1) is 5.92 Å². The molecule has 206 valence electrons. The van der Waals surface area contributed by atoms with Gasteiger partial charge in [0.05, 0.1) is 12.7 Å². The standard InChI is InChI=1S/C27H34ClN3O6S/c1-16(2)23(31-24(33)19-11-10-18(28)15-22(19)32)26(35)30-21(14-17-8-6-5-7-9-17)25(34)29-20(12-13-38-4)27(36)37-3/h5-11,15-16,20-21,23,32H,12-14H2,1-4H3,(H,29,34)(H,30,35)(H,31,33)/t20-,21-,23-/m0/s1. The van der Waals surface area contributed by atoms with E-state index in [2.05, 4.69) is 16.0 Å². The van der Waals surface area contributed by atoms with E-state index < -0.39 is 41.8 Å². The summed E-state index contributed by atoms with van der Waals surface area (Å²) in [5.74, 6) is -2.43. The SMILES string of the molecule is COC(=O)[C@H](CCSC)NC(=O)[C@H](Cc1ccccc1)NC(=O)[C@@H](NC(=O)c1ccc(Cl)cc1O)C(C)C. The molecule has 9 nitrogen and oxygen atoms in total. The molecule has 0 saturated carbocycles. The van der Waals surface area contributed by atoms with Gasteiger partial charge in [0.2, 0.25) is 11.8 Å². The monoisotopic (exact) mass is 563 g/mol. The van der Waals surface area contributed by atoms with Gasteiger partial charge in [-0.3, -0.25) is 14.4 Å². The minimum atomic E-state index is -1.03. The van der Waals surface area contributed by atoms with E-state index in [4.69, 9.17) is 16.3 Å². The summed E-state index contributed by atoms with van der Waals surface area (Å²) in [5, 5.41) is 18.4. The van der Waals surface area contributed by atoms with Crippen molar-refractivity contribution in [3.05, 3.63) is 64.7 Å². The molecule has 0 aliphatic carbocycles. The number of halogens is 1. The lowest BCUT2D eigenvalue weighted by Gasteiger charge is -2.26. The minimum absolute atomic E-state index is 0.0406. The topological polar surface area (TPSA) is 134 Å². The van der Waals surface area contributed by atoms with Crippen molar-refractivity contribution in [3.63, 3.8) is 0 Å². The molecule has 0 aliphatic heterocycles. The Kier molecular flexibility index (Phi) is 12.4. The number of ether oxygens (including phenoxy) is 1. The fraction of sp³-hybridized carbons (Fsp3) is 0.407. The Morgan fingerprint density at radius 2 is 1.63 bits per heavy atom. The van der Waals surface area contributed by atoms with Gasteiger partial charge in [-0.05, 0) is 48.1 Å². The molecule has 0 aromatic heterocycles. The number of hydrogen-bond donors (Lipinski definition) is 4. The summed E-state index contributed by atoms with van der Waals surface area (Å²) in [6.07, 6.45) is 2.41. The zero-order chi connectivity index (χ0) is 28.2. The number of phenolic OH excluding ortho intramolecular Hbond substituents is 1. The maximum atomic E-state index is 13.4. The fourth-order valence-corrected chi connectivity index (χ4v) is 4.31. The van der Waals surface area contributed by atoms with E-state index >= 15 is 0 Å². The van der Waals surface area contributed by atoms with Gasteiger partial charge < -0.3 is 25.8 Å². The molecule has 38 heavy (non-hydrogen) atoms. The highest BCUT2D eigenvalue weighted by Crippen LogP contribution is 2.22. The van der Waals surface area contributed by atoms with Crippen molar-refractivity contribution in [2.24, 2.45) is 5.92 Å². The van der Waals surface area contributed by atoms with Crippen LogP contribution in [0.15, 0.2) is 48.5 Å². The van der Waals surface area contributed by atoms with Gasteiger partial charge in [-0.15, -0.1) is 0 Å². The molecule has 0 unspecified atom stereocenters. The molecule has 4 N–H and O–H groups in total. The molecular weight excluding hydrogens is 530 g/mol. The molecule has 0 radical (unpaired) electrons. The third-order valence-electron chi connectivity index (χ3n) is 5.77. The van der Waals surface area contributed by atoms with Gasteiger partial charge in [0, 0.05) is 11.4 Å². The third kappa shape index (κ3) is 9.25. The van der Waals surface area contributed by atoms with Crippen LogP contribution in [-0.4, -0.2) is 66.0 Å². The Balaban J connectivity index is 2.25. The fourth-order valence-electron chi connectivity index (χ4n) is 3.67. The highest BCUT2D eigenvalue weighted by molar-refractivity contribution is 7.98. The first-order valence-corrected chi connectivity index (χ1v) is 13.8. The van der Waals surface area contributed by atoms with Crippen LogP contribution in [0.25, 0.3) is 0 Å². The van der Waals surface area contributed by atoms with Gasteiger partial charge >= 0.3 is 5.97 Å². The normalized spacial score (nSPS) is 13.2. The minimum Gasteiger partial charge on any atom is -0.507 e. The van der Waals surface area contributed by atoms with Crippen LogP contribution in [0.5, 0.6) is 5.75 Å². The summed E-state index contributed by atoms with van der Waals surface area (Å²) in [4.78, 5) is 51.8. The van der Waals surface area contributed by atoms with Crippen molar-refractivity contribution in [3.8, 4) is 5.75 Å². The first-order valence-electron chi connectivity index (χ1n) is 12.1. The number of amides is 3. The van der Waals surface area contributed by atoms with Crippen molar-refractivity contribution in [1.82, 2.24) is 16.0 Å². The molecule has 2 rings (SSSR count). The van der Waals surface area contributed by atoms with Crippen molar-refractivity contribution in [2.75, 3.05) is 19.1 Å². The number of thioether (sulfide) groups is 1. The van der Waals surface area contributed by atoms with Crippen molar-refractivity contribution >= 4 is 47.1 Å². The van der Waals surface area contributed by atoms with Crippen LogP contribution in [-0.2, 0) is 25.5 Å². The lowest BCUT2D eigenvalue weighted by atomic mass is 10.00. The van der Waals surface area contributed by atoms with Crippen LogP contribution in [0.2, 0.25) is 5.02 Å². The van der Waals surface area contributed by atoms with E-state index in [0.29, 0.717) is 12.2 Å². The Morgan fingerprint density at radius 1 is 0.974 bits per heavy atom. The van der Waals surface area contributed by atoms with Crippen LogP contribution in [0.1, 0.15) is 36.2 Å². The number of carbonyl (C=O) groups excluding carboxylic acids is 4. The van der Waals surface area contributed by atoms with E-state index in [0.717, 1.165) is 5.56 Å². The van der Waals surface area contributed by atoms with Gasteiger partial charge in [-0.2, -0.15) is 11.8 Å². The number of rotatable bonds is 13. The summed E-state index contributed by atoms with van der Waals surface area (Å²) >= 11 is 7.38. The van der Waals surface area contributed by atoms with Gasteiger partial charge in [-0.1, -0.05) is 55.8 Å². The van der Waals surface area contributed by atoms with Crippen LogP contribution in [0.3, 0.4) is 0 Å². The van der Waals surface area contributed by atoms with Crippen LogP contribution >= 0.6 is 23.4 Å². The molecule has 0 bridgehead atoms. The molecule has 3 atom stereocenters. The molecule has 0 saturated heterocycles. The lowest BCUT2D eigenvalue weighted by molar-refractivity contribution is -0.145. The molecule has 0 heterocycles. The zero-order valence-corrected chi connectivity index (χ0v) is 23.4. The van der Waals surface area contributed by atoms with E-state index in [9.17, 15) is 24.3 Å². The number of aromatic hydroxyl groups is 1. The predicted octanol–water partition coefficient (Wildman–Crippen LogP) is 2.94. The van der Waals surface area contributed by atoms with Crippen molar-refractivity contribution < 1.29 is 29.0 Å². The molecule has 0 fully saturated rings. The molecule has 2 aromatic carbocycles. The average molecular weight is 564 g/mol.